The number of aromatic nitrogens is 3. The molecule has 0 saturated carbocycles. The molecule has 2 N–H and O–H groups in total. The maximum atomic E-state index is 13.5. The quantitative estimate of drug-likeness (QED) is 0.763. The zero-order valence-corrected chi connectivity index (χ0v) is 13.2. The first-order chi connectivity index (χ1) is 10.9. The fourth-order valence-electron chi connectivity index (χ4n) is 3.66. The monoisotopic (exact) mass is 314 g/mol. The highest BCUT2D eigenvalue weighted by atomic mass is 19.1. The number of H-pyrrole nitrogens is 1. The Morgan fingerprint density at radius 2 is 2.17 bits per heavy atom. The molecule has 2 aromatic heterocycles. The fourth-order valence-corrected chi connectivity index (χ4v) is 3.66. The summed E-state index contributed by atoms with van der Waals surface area (Å²) in [7, 11) is 0. The van der Waals surface area contributed by atoms with E-state index in [1.165, 1.54) is 18.5 Å². The van der Waals surface area contributed by atoms with Gasteiger partial charge in [0, 0.05) is 11.9 Å². The predicted molar refractivity (Wildman–Crippen MR) is 88.0 cm³/mol. The van der Waals surface area contributed by atoms with Crippen LogP contribution in [0.5, 0.6) is 0 Å². The van der Waals surface area contributed by atoms with Crippen molar-refractivity contribution in [3.05, 3.63) is 30.3 Å². The molecule has 1 fully saturated rings. The van der Waals surface area contributed by atoms with Gasteiger partial charge in [-0.15, -0.1) is 0 Å². The number of aromatic amines is 1. The van der Waals surface area contributed by atoms with E-state index in [4.69, 9.17) is 0 Å². The van der Waals surface area contributed by atoms with Gasteiger partial charge in [0.15, 0.2) is 0 Å². The normalized spacial score (nSPS) is 19.1. The Hall–Kier alpha value is -2.21. The molecule has 4 rings (SSSR count). The van der Waals surface area contributed by atoms with E-state index in [9.17, 15) is 9.50 Å². The first-order valence-corrected chi connectivity index (χ1v) is 7.86. The number of halogens is 1. The molecule has 3 heterocycles. The van der Waals surface area contributed by atoms with Gasteiger partial charge in [0.1, 0.15) is 23.6 Å². The summed E-state index contributed by atoms with van der Waals surface area (Å²) in [6.07, 6.45) is 3.45. The minimum Gasteiger partial charge on any atom is -0.388 e. The lowest BCUT2D eigenvalue weighted by molar-refractivity contribution is 0.0533. The number of fused-ring (bicyclic) bond motifs is 3. The number of aliphatic hydroxyl groups is 1. The molecule has 3 aromatic rings. The summed E-state index contributed by atoms with van der Waals surface area (Å²) in [5.74, 6) is 0.520. The van der Waals surface area contributed by atoms with Gasteiger partial charge in [0.2, 0.25) is 0 Å². The Bertz CT molecular complexity index is 883. The molecule has 6 heteroatoms. The van der Waals surface area contributed by atoms with Crippen molar-refractivity contribution in [1.29, 1.82) is 0 Å². The molecule has 1 aliphatic heterocycles. The van der Waals surface area contributed by atoms with Crippen molar-refractivity contribution in [2.75, 3.05) is 11.4 Å². The van der Waals surface area contributed by atoms with Crippen LogP contribution < -0.4 is 4.90 Å². The maximum absolute atomic E-state index is 13.5. The largest absolute Gasteiger partial charge is 0.388 e. The predicted octanol–water partition coefficient (Wildman–Crippen LogP) is 2.99. The Morgan fingerprint density at radius 3 is 2.96 bits per heavy atom. The average molecular weight is 314 g/mol. The maximum Gasteiger partial charge on any atom is 0.143 e. The second kappa shape index (κ2) is 4.89. The molecule has 0 unspecified atom stereocenters. The van der Waals surface area contributed by atoms with Crippen LogP contribution in [-0.2, 0) is 0 Å². The molecule has 1 atom stereocenters. The highest BCUT2D eigenvalue weighted by Crippen LogP contribution is 2.37. The Labute approximate surface area is 133 Å². The van der Waals surface area contributed by atoms with Gasteiger partial charge in [0.05, 0.1) is 22.5 Å². The summed E-state index contributed by atoms with van der Waals surface area (Å²) in [5, 5.41) is 12.3. The lowest BCUT2D eigenvalue weighted by Crippen LogP contribution is -2.46. The van der Waals surface area contributed by atoms with Gasteiger partial charge in [0.25, 0.3) is 0 Å². The van der Waals surface area contributed by atoms with E-state index in [-0.39, 0.29) is 11.9 Å². The topological polar surface area (TPSA) is 65.0 Å². The van der Waals surface area contributed by atoms with Gasteiger partial charge >= 0.3 is 0 Å². The van der Waals surface area contributed by atoms with Crippen LogP contribution in [0.3, 0.4) is 0 Å². The number of anilines is 1. The van der Waals surface area contributed by atoms with Crippen LogP contribution in [0.15, 0.2) is 24.5 Å². The lowest BCUT2D eigenvalue weighted by Gasteiger charge is -2.34. The smallest absolute Gasteiger partial charge is 0.143 e. The number of rotatable bonds is 2. The second-order valence-electron chi connectivity index (χ2n) is 6.74. The summed E-state index contributed by atoms with van der Waals surface area (Å²) in [4.78, 5) is 14.1. The molecule has 0 radical (unpaired) electrons. The summed E-state index contributed by atoms with van der Waals surface area (Å²) in [5.41, 5.74) is 0.587. The van der Waals surface area contributed by atoms with Gasteiger partial charge in [-0.3, -0.25) is 0 Å². The Balaban J connectivity index is 1.95. The molecule has 0 amide bonds. The second-order valence-corrected chi connectivity index (χ2v) is 6.74. The molecule has 0 aliphatic carbocycles. The van der Waals surface area contributed by atoms with E-state index in [0.717, 1.165) is 36.0 Å². The molecule has 0 spiro atoms. The van der Waals surface area contributed by atoms with Crippen molar-refractivity contribution in [1.82, 2.24) is 15.0 Å². The van der Waals surface area contributed by atoms with Crippen molar-refractivity contribution < 1.29 is 9.50 Å². The number of nitrogens with zero attached hydrogens (tertiary/aromatic N) is 3. The summed E-state index contributed by atoms with van der Waals surface area (Å²) < 4.78 is 13.5. The van der Waals surface area contributed by atoms with E-state index in [1.807, 2.05) is 13.8 Å². The first-order valence-electron chi connectivity index (χ1n) is 7.86. The molecule has 120 valence electrons. The lowest BCUT2D eigenvalue weighted by atomic mass is 9.96. The molecule has 1 saturated heterocycles. The van der Waals surface area contributed by atoms with E-state index in [2.05, 4.69) is 19.9 Å². The number of hydrogen-bond acceptors (Lipinski definition) is 4. The van der Waals surface area contributed by atoms with Crippen LogP contribution in [0.25, 0.3) is 21.9 Å². The molecule has 23 heavy (non-hydrogen) atoms. The van der Waals surface area contributed by atoms with Crippen LogP contribution >= 0.6 is 0 Å². The van der Waals surface area contributed by atoms with E-state index in [0.29, 0.717) is 11.2 Å². The summed E-state index contributed by atoms with van der Waals surface area (Å²) in [6.45, 7) is 4.51. The number of hydrogen-bond donors (Lipinski definition) is 2. The zero-order chi connectivity index (χ0) is 16.2. The van der Waals surface area contributed by atoms with Crippen molar-refractivity contribution in [2.24, 2.45) is 0 Å². The van der Waals surface area contributed by atoms with Crippen molar-refractivity contribution in [3.8, 4) is 0 Å². The third-order valence-corrected chi connectivity index (χ3v) is 4.67. The Kier molecular flexibility index (Phi) is 3.06. The van der Waals surface area contributed by atoms with E-state index < -0.39 is 5.60 Å². The first kappa shape index (κ1) is 14.4. The minimum absolute atomic E-state index is 0.00555. The minimum atomic E-state index is -0.813. The third-order valence-electron chi connectivity index (χ3n) is 4.67. The number of nitrogens with one attached hydrogen (secondary N) is 1. The summed E-state index contributed by atoms with van der Waals surface area (Å²) >= 11 is 0. The fraction of sp³-hybridized carbons (Fsp3) is 0.412. The van der Waals surface area contributed by atoms with Crippen molar-refractivity contribution in [2.45, 2.75) is 38.3 Å². The SMILES string of the molecule is CC(C)(O)[C@H]1CCCN1c1ncnc2[nH]c3cc(F)ccc3c12. The summed E-state index contributed by atoms with van der Waals surface area (Å²) in [6, 6.07) is 4.68. The Morgan fingerprint density at radius 1 is 1.35 bits per heavy atom. The van der Waals surface area contributed by atoms with Gasteiger partial charge in [-0.2, -0.15) is 0 Å². The van der Waals surface area contributed by atoms with Gasteiger partial charge in [-0.25, -0.2) is 14.4 Å². The highest BCUT2D eigenvalue weighted by Gasteiger charge is 2.37. The molecular formula is C17H19FN4O. The van der Waals surface area contributed by atoms with Crippen LogP contribution in [0.1, 0.15) is 26.7 Å². The van der Waals surface area contributed by atoms with Gasteiger partial charge in [-0.1, -0.05) is 0 Å². The van der Waals surface area contributed by atoms with Gasteiger partial charge in [-0.05, 0) is 44.9 Å². The molecule has 5 nitrogen and oxygen atoms in total. The van der Waals surface area contributed by atoms with Crippen LogP contribution in [0, 0.1) is 5.82 Å². The van der Waals surface area contributed by atoms with Gasteiger partial charge < -0.3 is 15.0 Å². The highest BCUT2D eigenvalue weighted by molar-refractivity contribution is 6.11. The number of benzene rings is 1. The zero-order valence-electron chi connectivity index (χ0n) is 13.2. The van der Waals surface area contributed by atoms with Crippen molar-refractivity contribution in [3.63, 3.8) is 0 Å². The van der Waals surface area contributed by atoms with Crippen LogP contribution in [0.4, 0.5) is 10.2 Å². The van der Waals surface area contributed by atoms with E-state index >= 15 is 0 Å². The van der Waals surface area contributed by atoms with Crippen LogP contribution in [0.2, 0.25) is 0 Å². The van der Waals surface area contributed by atoms with Crippen molar-refractivity contribution >= 4 is 27.8 Å². The molecule has 0 bridgehead atoms. The van der Waals surface area contributed by atoms with E-state index in [1.54, 1.807) is 6.07 Å². The average Bonchev–Trinajstić information content (AvgIpc) is 3.10. The molecular weight excluding hydrogens is 295 g/mol. The molecule has 1 aliphatic rings. The standard InChI is InChI=1S/C17H19FN4O/c1-17(2,23)13-4-3-7-22(13)16-14-11-6-5-10(18)8-12(11)21-15(14)19-9-20-16/h5-6,8-9,13,23H,3-4,7H2,1-2H3,(H,19,20,21)/t13-/m1/s1. The van der Waals surface area contributed by atoms with Crippen LogP contribution in [-0.4, -0.2) is 38.2 Å². The molecule has 1 aromatic carbocycles. The third kappa shape index (κ3) is 2.25.